The Morgan fingerprint density at radius 2 is 1.66 bits per heavy atom. The highest BCUT2D eigenvalue weighted by Crippen LogP contribution is 2.33. The van der Waals surface area contributed by atoms with Crippen LogP contribution in [0, 0.1) is 13.8 Å². The first-order chi connectivity index (χ1) is 25.7. The minimum absolute atomic E-state index is 0.0540. The second kappa shape index (κ2) is 23.2. The van der Waals surface area contributed by atoms with Crippen LogP contribution in [0.15, 0.2) is 54.7 Å². The lowest BCUT2D eigenvalue weighted by Gasteiger charge is -2.24. The standard InChI is InChI=1S/C40H61N7O4S2/c1-28-14-6-7-16-34(28)50-24-25-51-35-26-31(20-19-29(35)2)44-40(52)46-32(30(3)42-22-12-5-11-21-41-4)15-10-13-23-43-37(48)18-9-8-17-36-38-33(27-53-36)45-39(49)47-38/h6-7,14,16,19-20,26,32-33,36,38,41-42H,3,5,8-13,15,17-18,21-25,27H2,1-2,4H3,(H,43,48)(H2,44,46,52)(H2,45,47,49). The van der Waals surface area contributed by atoms with E-state index in [4.69, 9.17) is 21.7 Å². The monoisotopic (exact) mass is 767 g/mol. The number of para-hydroxylation sites is 1. The van der Waals surface area contributed by atoms with E-state index < -0.39 is 0 Å². The van der Waals surface area contributed by atoms with E-state index in [0.29, 0.717) is 36.5 Å². The predicted octanol–water partition coefficient (Wildman–Crippen LogP) is 5.92. The molecular weight excluding hydrogens is 707 g/mol. The zero-order valence-electron chi connectivity index (χ0n) is 31.8. The number of thioether (sulfide) groups is 1. The van der Waals surface area contributed by atoms with Gasteiger partial charge < -0.3 is 46.7 Å². The molecule has 4 rings (SSSR count). The molecule has 2 aliphatic rings. The van der Waals surface area contributed by atoms with Gasteiger partial charge in [0.2, 0.25) is 5.91 Å². The van der Waals surface area contributed by atoms with Crippen LogP contribution in [0.2, 0.25) is 0 Å². The van der Waals surface area contributed by atoms with Crippen molar-refractivity contribution in [1.82, 2.24) is 31.9 Å². The van der Waals surface area contributed by atoms with E-state index in [0.717, 1.165) is 111 Å². The molecule has 3 amide bonds. The van der Waals surface area contributed by atoms with Gasteiger partial charge in [0, 0.05) is 48.0 Å². The number of anilines is 1. The Balaban J connectivity index is 1.17. The van der Waals surface area contributed by atoms with E-state index >= 15 is 0 Å². The molecule has 0 saturated carbocycles. The number of aryl methyl sites for hydroxylation is 2. The van der Waals surface area contributed by atoms with Gasteiger partial charge in [-0.15, -0.1) is 0 Å². The number of carbonyl (C=O) groups excluding carboxylic acids is 2. The van der Waals surface area contributed by atoms with E-state index in [2.05, 4.69) is 43.8 Å². The van der Waals surface area contributed by atoms with Gasteiger partial charge in [0.15, 0.2) is 5.11 Å². The number of benzene rings is 2. The number of urea groups is 1. The molecule has 2 fully saturated rings. The summed E-state index contributed by atoms with van der Waals surface area (Å²) in [6.45, 7) is 11.8. The highest BCUT2D eigenvalue weighted by molar-refractivity contribution is 8.00. The van der Waals surface area contributed by atoms with Crippen molar-refractivity contribution >= 4 is 46.7 Å². The number of carbonyl (C=O) groups is 2. The Labute approximate surface area is 326 Å². The summed E-state index contributed by atoms with van der Waals surface area (Å²) in [7, 11) is 1.98. The minimum atomic E-state index is -0.0734. The molecule has 2 aliphatic heterocycles. The van der Waals surface area contributed by atoms with Crippen LogP contribution in [-0.2, 0) is 4.79 Å². The first kappa shape index (κ1) is 42.1. The van der Waals surface area contributed by atoms with E-state index in [1.54, 1.807) is 0 Å². The summed E-state index contributed by atoms with van der Waals surface area (Å²) in [5.74, 6) is 2.70. The van der Waals surface area contributed by atoms with Crippen molar-refractivity contribution < 1.29 is 19.1 Å². The molecule has 2 aromatic rings. The third-order valence-corrected chi connectivity index (χ3v) is 11.4. The van der Waals surface area contributed by atoms with Crippen molar-refractivity contribution in [1.29, 1.82) is 0 Å². The normalized spacial score (nSPS) is 17.9. The fraction of sp³-hybridized carbons (Fsp3) is 0.575. The van der Waals surface area contributed by atoms with Gasteiger partial charge in [0.25, 0.3) is 0 Å². The Morgan fingerprint density at radius 1 is 0.925 bits per heavy atom. The van der Waals surface area contributed by atoms with Gasteiger partial charge in [-0.1, -0.05) is 43.7 Å². The van der Waals surface area contributed by atoms with Crippen LogP contribution in [0.3, 0.4) is 0 Å². The highest BCUT2D eigenvalue weighted by Gasteiger charge is 2.42. The maximum Gasteiger partial charge on any atom is 0.315 e. The zero-order chi connectivity index (χ0) is 37.8. The number of ether oxygens (including phenoxy) is 2. The van der Waals surface area contributed by atoms with Gasteiger partial charge in [-0.3, -0.25) is 4.79 Å². The molecular formula is C40H61N7O4S2. The second-order valence-electron chi connectivity index (χ2n) is 13.9. The molecule has 0 radical (unpaired) electrons. The zero-order valence-corrected chi connectivity index (χ0v) is 33.5. The van der Waals surface area contributed by atoms with Crippen molar-refractivity contribution in [2.24, 2.45) is 0 Å². The Morgan fingerprint density at radius 3 is 2.47 bits per heavy atom. The van der Waals surface area contributed by atoms with Crippen molar-refractivity contribution in [3.63, 3.8) is 0 Å². The fourth-order valence-corrected chi connectivity index (χ4v) is 8.36. The number of hydrogen-bond acceptors (Lipinski definition) is 8. The molecule has 4 unspecified atom stereocenters. The molecule has 2 heterocycles. The van der Waals surface area contributed by atoms with E-state index in [9.17, 15) is 9.59 Å². The summed E-state index contributed by atoms with van der Waals surface area (Å²) in [5.41, 5.74) is 3.87. The summed E-state index contributed by atoms with van der Waals surface area (Å²) in [6.07, 6.45) is 9.33. The van der Waals surface area contributed by atoms with Crippen LogP contribution in [-0.4, -0.2) is 86.1 Å². The Kier molecular flexibility index (Phi) is 18.4. The quantitative estimate of drug-likeness (QED) is 0.0371. The molecule has 0 aromatic heterocycles. The van der Waals surface area contributed by atoms with E-state index in [1.165, 1.54) is 0 Å². The first-order valence-electron chi connectivity index (χ1n) is 19.3. The van der Waals surface area contributed by atoms with Gasteiger partial charge in [0.1, 0.15) is 24.7 Å². The predicted molar refractivity (Wildman–Crippen MR) is 222 cm³/mol. The molecule has 7 N–H and O–H groups in total. The van der Waals surface area contributed by atoms with Gasteiger partial charge in [-0.05, 0) is 108 Å². The molecule has 53 heavy (non-hydrogen) atoms. The van der Waals surface area contributed by atoms with Gasteiger partial charge in [-0.2, -0.15) is 11.8 Å². The van der Waals surface area contributed by atoms with Crippen LogP contribution in [0.4, 0.5) is 10.5 Å². The highest BCUT2D eigenvalue weighted by atomic mass is 32.2. The van der Waals surface area contributed by atoms with E-state index in [1.807, 2.05) is 75.1 Å². The van der Waals surface area contributed by atoms with Gasteiger partial charge in [0.05, 0.1) is 18.1 Å². The van der Waals surface area contributed by atoms with Crippen LogP contribution >= 0.6 is 24.0 Å². The SMILES string of the molecule is C=C(NCCCCCNC)C(CCCCNC(=O)CCCCC1SCC2NC(=O)NC21)NC(=S)Nc1ccc(C)c(OCCOc2ccccc2C)c1. The van der Waals surface area contributed by atoms with E-state index in [-0.39, 0.29) is 30.1 Å². The van der Waals surface area contributed by atoms with Crippen molar-refractivity contribution in [3.8, 4) is 11.5 Å². The lowest BCUT2D eigenvalue weighted by Crippen LogP contribution is -2.42. The van der Waals surface area contributed by atoms with Crippen LogP contribution in [0.1, 0.15) is 75.3 Å². The topological polar surface area (TPSA) is 137 Å². The van der Waals surface area contributed by atoms with Crippen LogP contribution in [0.25, 0.3) is 0 Å². The number of unbranched alkanes of at least 4 members (excludes halogenated alkanes) is 4. The lowest BCUT2D eigenvalue weighted by molar-refractivity contribution is -0.121. The average molecular weight is 768 g/mol. The maximum atomic E-state index is 12.5. The molecule has 13 heteroatoms. The van der Waals surface area contributed by atoms with Crippen molar-refractivity contribution in [2.45, 2.75) is 101 Å². The molecule has 2 saturated heterocycles. The minimum Gasteiger partial charge on any atom is -0.490 e. The van der Waals surface area contributed by atoms with Gasteiger partial charge >= 0.3 is 6.03 Å². The molecule has 0 aliphatic carbocycles. The van der Waals surface area contributed by atoms with Crippen LogP contribution < -0.4 is 46.7 Å². The summed E-state index contributed by atoms with van der Waals surface area (Å²) in [5, 5.41) is 23.6. The number of rotatable bonds is 25. The third-order valence-electron chi connectivity index (χ3n) is 9.64. The number of nitrogens with one attached hydrogen (secondary N) is 7. The largest absolute Gasteiger partial charge is 0.490 e. The number of thiocarbonyl (C=S) groups is 1. The molecule has 292 valence electrons. The van der Waals surface area contributed by atoms with Crippen molar-refractivity contribution in [3.05, 3.63) is 65.9 Å². The van der Waals surface area contributed by atoms with Gasteiger partial charge in [-0.25, -0.2) is 4.79 Å². The molecule has 0 bridgehead atoms. The number of hydrogen-bond donors (Lipinski definition) is 7. The third kappa shape index (κ3) is 14.9. The summed E-state index contributed by atoms with van der Waals surface area (Å²) in [6, 6.07) is 14.3. The fourth-order valence-electron chi connectivity index (χ4n) is 6.55. The van der Waals surface area contributed by atoms with Crippen LogP contribution in [0.5, 0.6) is 11.5 Å². The smallest absolute Gasteiger partial charge is 0.315 e. The number of amides is 3. The average Bonchev–Trinajstić information content (AvgIpc) is 3.70. The Hall–Kier alpha value is -3.68. The van der Waals surface area contributed by atoms with Crippen molar-refractivity contribution in [2.75, 3.05) is 51.0 Å². The maximum absolute atomic E-state index is 12.5. The summed E-state index contributed by atoms with van der Waals surface area (Å²) >= 11 is 7.69. The molecule has 0 spiro atoms. The second-order valence-corrected chi connectivity index (χ2v) is 15.6. The Bertz CT molecular complexity index is 1480. The molecule has 11 nitrogen and oxygen atoms in total. The molecule has 4 atom stereocenters. The number of fused-ring (bicyclic) bond motifs is 1. The summed E-state index contributed by atoms with van der Waals surface area (Å²) in [4.78, 5) is 24.1. The lowest BCUT2D eigenvalue weighted by atomic mass is 10.0. The first-order valence-corrected chi connectivity index (χ1v) is 20.7. The summed E-state index contributed by atoms with van der Waals surface area (Å²) < 4.78 is 12.0. The molecule has 2 aromatic carbocycles.